The van der Waals surface area contributed by atoms with Crippen molar-refractivity contribution in [1.29, 1.82) is 0 Å². The van der Waals surface area contributed by atoms with Gasteiger partial charge in [-0.05, 0) is 74.6 Å². The van der Waals surface area contributed by atoms with Gasteiger partial charge in [0.2, 0.25) is 0 Å². The third-order valence-electron chi connectivity index (χ3n) is 7.90. The van der Waals surface area contributed by atoms with E-state index in [0.717, 1.165) is 52.4 Å². The van der Waals surface area contributed by atoms with Crippen molar-refractivity contribution in [2.75, 3.05) is 69.3 Å². The number of piperazine rings is 1. The smallest absolute Gasteiger partial charge is 0.0726 e. The molecule has 0 spiro atoms. The van der Waals surface area contributed by atoms with Crippen molar-refractivity contribution in [2.24, 2.45) is 5.41 Å². The molecule has 0 amide bonds. The standard InChI is InChI=1S/C27H45N3O2.ClH/c1-21-19-30(20-22(2)32-21)24-6-7-26(29-14-12-28(13-15-29)16-17-31-5)25(18-24)23-8-10-27(3,4)11-9-23;/h6-7,18,21-23H,8-17,19-20H2,1-5H3;1H. The van der Waals surface area contributed by atoms with Gasteiger partial charge in [0.25, 0.3) is 0 Å². The summed E-state index contributed by atoms with van der Waals surface area (Å²) < 4.78 is 11.3. The Morgan fingerprint density at radius 2 is 1.61 bits per heavy atom. The van der Waals surface area contributed by atoms with E-state index in [9.17, 15) is 0 Å². The van der Waals surface area contributed by atoms with Gasteiger partial charge in [-0.15, -0.1) is 12.4 Å². The van der Waals surface area contributed by atoms with Gasteiger partial charge in [0, 0.05) is 64.3 Å². The first-order valence-corrected chi connectivity index (χ1v) is 12.9. The zero-order valence-electron chi connectivity index (χ0n) is 21.5. The van der Waals surface area contributed by atoms with E-state index in [1.54, 1.807) is 12.7 Å². The molecule has 1 saturated carbocycles. The third-order valence-corrected chi connectivity index (χ3v) is 7.90. The van der Waals surface area contributed by atoms with E-state index in [4.69, 9.17) is 9.47 Å². The number of hydrogen-bond donors (Lipinski definition) is 0. The van der Waals surface area contributed by atoms with Gasteiger partial charge in [-0.2, -0.15) is 0 Å². The van der Waals surface area contributed by atoms with E-state index in [2.05, 4.69) is 60.6 Å². The molecule has 3 fully saturated rings. The minimum absolute atomic E-state index is 0. The first kappa shape index (κ1) is 26.6. The molecule has 2 saturated heterocycles. The Bertz CT molecular complexity index is 731. The monoisotopic (exact) mass is 479 g/mol. The fraction of sp³-hybridized carbons (Fsp3) is 0.778. The number of methoxy groups -OCH3 is 1. The van der Waals surface area contributed by atoms with Gasteiger partial charge in [-0.1, -0.05) is 13.8 Å². The summed E-state index contributed by atoms with van der Waals surface area (Å²) in [5.41, 5.74) is 4.96. The molecule has 2 unspecified atom stereocenters. The van der Waals surface area contributed by atoms with Crippen LogP contribution in [0.4, 0.5) is 11.4 Å². The summed E-state index contributed by atoms with van der Waals surface area (Å²) in [7, 11) is 1.80. The predicted molar refractivity (Wildman–Crippen MR) is 141 cm³/mol. The maximum atomic E-state index is 6.00. The zero-order chi connectivity index (χ0) is 22.7. The molecule has 2 aliphatic heterocycles. The molecule has 0 bridgehead atoms. The van der Waals surface area contributed by atoms with Crippen molar-refractivity contribution in [1.82, 2.24) is 4.90 Å². The molecule has 0 N–H and O–H groups in total. The molecule has 2 atom stereocenters. The highest BCUT2D eigenvalue weighted by atomic mass is 35.5. The highest BCUT2D eigenvalue weighted by molar-refractivity contribution is 5.85. The second kappa shape index (κ2) is 11.6. The van der Waals surface area contributed by atoms with Gasteiger partial charge < -0.3 is 19.3 Å². The summed E-state index contributed by atoms with van der Waals surface area (Å²) >= 11 is 0. The van der Waals surface area contributed by atoms with Crippen molar-refractivity contribution in [3.05, 3.63) is 23.8 Å². The van der Waals surface area contributed by atoms with E-state index >= 15 is 0 Å². The number of anilines is 2. The number of benzene rings is 1. The molecule has 1 aromatic carbocycles. The van der Waals surface area contributed by atoms with Gasteiger partial charge in [-0.3, -0.25) is 4.90 Å². The first-order valence-electron chi connectivity index (χ1n) is 12.9. The Hall–Kier alpha value is -1.01. The van der Waals surface area contributed by atoms with Crippen molar-refractivity contribution in [2.45, 2.75) is 71.5 Å². The van der Waals surface area contributed by atoms with Crippen LogP contribution < -0.4 is 9.80 Å². The third kappa shape index (κ3) is 6.78. The maximum absolute atomic E-state index is 6.00. The fourth-order valence-corrected chi connectivity index (χ4v) is 5.89. The average Bonchev–Trinajstić information content (AvgIpc) is 2.77. The molecule has 188 valence electrons. The SMILES string of the molecule is COCCN1CCN(c2ccc(N3CC(C)OC(C)C3)cc2C2CCC(C)(C)CC2)CC1.Cl. The molecule has 5 nitrogen and oxygen atoms in total. The van der Waals surface area contributed by atoms with Gasteiger partial charge >= 0.3 is 0 Å². The Balaban J connectivity index is 0.00000306. The molecule has 1 aliphatic carbocycles. The molecular weight excluding hydrogens is 434 g/mol. The minimum atomic E-state index is 0. The van der Waals surface area contributed by atoms with E-state index in [-0.39, 0.29) is 24.6 Å². The summed E-state index contributed by atoms with van der Waals surface area (Å²) in [4.78, 5) is 7.72. The van der Waals surface area contributed by atoms with Crippen LogP contribution in [0.3, 0.4) is 0 Å². The molecule has 0 aromatic heterocycles. The van der Waals surface area contributed by atoms with Crippen molar-refractivity contribution in [3.63, 3.8) is 0 Å². The lowest BCUT2D eigenvalue weighted by molar-refractivity contribution is -0.00522. The Kier molecular flexibility index (Phi) is 9.36. The molecule has 33 heavy (non-hydrogen) atoms. The topological polar surface area (TPSA) is 28.2 Å². The highest BCUT2D eigenvalue weighted by Gasteiger charge is 2.31. The molecule has 6 heteroatoms. The summed E-state index contributed by atoms with van der Waals surface area (Å²) in [6, 6.07) is 7.34. The summed E-state index contributed by atoms with van der Waals surface area (Å²) in [5, 5.41) is 0. The second-order valence-electron chi connectivity index (χ2n) is 11.2. The van der Waals surface area contributed by atoms with Crippen LogP contribution >= 0.6 is 12.4 Å². The molecule has 2 heterocycles. The summed E-state index contributed by atoms with van der Waals surface area (Å²) in [5.74, 6) is 0.681. The van der Waals surface area contributed by atoms with Crippen LogP contribution in [0.15, 0.2) is 18.2 Å². The molecular formula is C27H46ClN3O2. The van der Waals surface area contributed by atoms with Crippen LogP contribution in [0.2, 0.25) is 0 Å². The van der Waals surface area contributed by atoms with E-state index in [1.165, 1.54) is 37.1 Å². The number of rotatable bonds is 6. The van der Waals surface area contributed by atoms with E-state index in [0.29, 0.717) is 11.3 Å². The lowest BCUT2D eigenvalue weighted by Crippen LogP contribution is -2.48. The Morgan fingerprint density at radius 3 is 2.21 bits per heavy atom. The minimum Gasteiger partial charge on any atom is -0.383 e. The van der Waals surface area contributed by atoms with Crippen molar-refractivity contribution >= 4 is 23.8 Å². The summed E-state index contributed by atoms with van der Waals surface area (Å²) in [6.45, 7) is 17.6. The van der Waals surface area contributed by atoms with Crippen LogP contribution in [-0.2, 0) is 9.47 Å². The van der Waals surface area contributed by atoms with Crippen molar-refractivity contribution < 1.29 is 9.47 Å². The predicted octanol–water partition coefficient (Wildman–Crippen LogP) is 5.17. The average molecular weight is 480 g/mol. The molecule has 0 radical (unpaired) electrons. The van der Waals surface area contributed by atoms with Crippen LogP contribution in [0.5, 0.6) is 0 Å². The van der Waals surface area contributed by atoms with E-state index in [1.807, 2.05) is 0 Å². The van der Waals surface area contributed by atoms with Crippen LogP contribution in [-0.4, -0.2) is 76.6 Å². The summed E-state index contributed by atoms with van der Waals surface area (Å²) in [6.07, 6.45) is 5.87. The highest BCUT2D eigenvalue weighted by Crippen LogP contribution is 2.45. The lowest BCUT2D eigenvalue weighted by Gasteiger charge is -2.41. The zero-order valence-corrected chi connectivity index (χ0v) is 22.3. The molecule has 3 aliphatic rings. The van der Waals surface area contributed by atoms with Gasteiger partial charge in [-0.25, -0.2) is 0 Å². The number of hydrogen-bond acceptors (Lipinski definition) is 5. The van der Waals surface area contributed by atoms with E-state index < -0.39 is 0 Å². The van der Waals surface area contributed by atoms with Gasteiger partial charge in [0.05, 0.1) is 18.8 Å². The number of halogens is 1. The molecule has 4 rings (SSSR count). The second-order valence-corrected chi connectivity index (χ2v) is 11.2. The number of morpholine rings is 1. The Labute approximate surface area is 208 Å². The normalized spacial score (nSPS) is 26.8. The van der Waals surface area contributed by atoms with Gasteiger partial charge in [0.1, 0.15) is 0 Å². The Morgan fingerprint density at radius 1 is 0.970 bits per heavy atom. The van der Waals surface area contributed by atoms with Crippen LogP contribution in [0, 0.1) is 5.41 Å². The first-order chi connectivity index (χ1) is 15.3. The van der Waals surface area contributed by atoms with Crippen LogP contribution in [0.1, 0.15) is 64.9 Å². The largest absolute Gasteiger partial charge is 0.383 e. The van der Waals surface area contributed by atoms with Gasteiger partial charge in [0.15, 0.2) is 0 Å². The van der Waals surface area contributed by atoms with Crippen LogP contribution in [0.25, 0.3) is 0 Å². The molecule has 1 aromatic rings. The number of ether oxygens (including phenoxy) is 2. The van der Waals surface area contributed by atoms with Crippen molar-refractivity contribution in [3.8, 4) is 0 Å². The maximum Gasteiger partial charge on any atom is 0.0726 e. The lowest BCUT2D eigenvalue weighted by atomic mass is 9.71. The fourth-order valence-electron chi connectivity index (χ4n) is 5.89. The number of nitrogens with zero attached hydrogens (tertiary/aromatic N) is 3. The quantitative estimate of drug-likeness (QED) is 0.561.